The van der Waals surface area contributed by atoms with E-state index in [1.807, 2.05) is 30.3 Å². The Morgan fingerprint density at radius 1 is 1.32 bits per heavy atom. The molecule has 1 saturated carbocycles. The molecule has 0 heterocycles. The van der Waals surface area contributed by atoms with Crippen LogP contribution in [0.5, 0.6) is 0 Å². The molecule has 4 heteroatoms. The predicted octanol–water partition coefficient (Wildman–Crippen LogP) is 2.66. The molecule has 1 aromatic rings. The van der Waals surface area contributed by atoms with E-state index in [0.717, 1.165) is 31.2 Å². The molecule has 2 rings (SSSR count). The monoisotopic (exact) mass is 257 g/mol. The molecule has 0 unspecified atom stereocenters. The number of rotatable bonds is 4. The molecule has 1 aliphatic carbocycles. The van der Waals surface area contributed by atoms with Gasteiger partial charge in [0.05, 0.1) is 6.07 Å². The Hall–Kier alpha value is -2.02. The third kappa shape index (κ3) is 3.72. The minimum atomic E-state index is -0.127. The van der Waals surface area contributed by atoms with Crippen LogP contribution in [-0.2, 0) is 6.54 Å². The third-order valence-electron chi connectivity index (χ3n) is 3.55. The van der Waals surface area contributed by atoms with Gasteiger partial charge in [0.1, 0.15) is 6.54 Å². The number of nitrogens with zero attached hydrogens (tertiary/aromatic N) is 2. The van der Waals surface area contributed by atoms with E-state index in [0.29, 0.717) is 6.54 Å². The van der Waals surface area contributed by atoms with Crippen molar-refractivity contribution in [3.8, 4) is 6.07 Å². The maximum Gasteiger partial charge on any atom is 0.318 e. The van der Waals surface area contributed by atoms with Gasteiger partial charge in [-0.3, -0.25) is 0 Å². The first-order valence-electron chi connectivity index (χ1n) is 6.76. The van der Waals surface area contributed by atoms with Gasteiger partial charge in [0.15, 0.2) is 0 Å². The van der Waals surface area contributed by atoms with E-state index in [9.17, 15) is 4.79 Å². The number of nitrogens with one attached hydrogen (secondary N) is 1. The van der Waals surface area contributed by atoms with Crippen LogP contribution in [0.25, 0.3) is 0 Å². The first kappa shape index (κ1) is 13.4. The van der Waals surface area contributed by atoms with Crippen LogP contribution in [0, 0.1) is 11.3 Å². The van der Waals surface area contributed by atoms with Crippen molar-refractivity contribution in [2.75, 3.05) is 6.54 Å². The number of carbonyl (C=O) groups excluding carboxylic acids is 1. The van der Waals surface area contributed by atoms with E-state index in [1.54, 1.807) is 4.90 Å². The largest absolute Gasteiger partial charge is 0.334 e. The number of nitriles is 1. The van der Waals surface area contributed by atoms with Crippen molar-refractivity contribution in [3.05, 3.63) is 35.9 Å². The van der Waals surface area contributed by atoms with Gasteiger partial charge in [0.25, 0.3) is 0 Å². The summed E-state index contributed by atoms with van der Waals surface area (Å²) < 4.78 is 0. The van der Waals surface area contributed by atoms with Gasteiger partial charge in [-0.05, 0) is 18.4 Å². The Morgan fingerprint density at radius 3 is 2.63 bits per heavy atom. The Kier molecular flexibility index (Phi) is 4.79. The summed E-state index contributed by atoms with van der Waals surface area (Å²) in [6, 6.07) is 12.0. The van der Waals surface area contributed by atoms with Crippen LogP contribution in [0.4, 0.5) is 4.79 Å². The van der Waals surface area contributed by atoms with E-state index < -0.39 is 0 Å². The van der Waals surface area contributed by atoms with Crippen LogP contribution >= 0.6 is 0 Å². The van der Waals surface area contributed by atoms with Crippen molar-refractivity contribution >= 4 is 6.03 Å². The SMILES string of the molecule is N#CCN(C(=O)NCc1ccccc1)C1CCCC1. The fraction of sp³-hybridized carbons (Fsp3) is 0.467. The van der Waals surface area contributed by atoms with E-state index in [4.69, 9.17) is 5.26 Å². The molecule has 1 N–H and O–H groups in total. The van der Waals surface area contributed by atoms with Crippen LogP contribution in [0.2, 0.25) is 0 Å². The van der Waals surface area contributed by atoms with E-state index in [1.165, 1.54) is 0 Å². The highest BCUT2D eigenvalue weighted by Gasteiger charge is 2.26. The van der Waals surface area contributed by atoms with Gasteiger partial charge in [-0.15, -0.1) is 0 Å². The first-order chi connectivity index (χ1) is 9.31. The number of hydrogen-bond acceptors (Lipinski definition) is 2. The summed E-state index contributed by atoms with van der Waals surface area (Å²) in [7, 11) is 0. The highest BCUT2D eigenvalue weighted by atomic mass is 16.2. The summed E-state index contributed by atoms with van der Waals surface area (Å²) in [4.78, 5) is 13.8. The van der Waals surface area contributed by atoms with Crippen molar-refractivity contribution in [2.45, 2.75) is 38.3 Å². The molecule has 0 atom stereocenters. The maximum atomic E-state index is 12.2. The van der Waals surface area contributed by atoms with Crippen molar-refractivity contribution < 1.29 is 4.79 Å². The number of urea groups is 1. The topological polar surface area (TPSA) is 56.1 Å². The lowest BCUT2D eigenvalue weighted by Crippen LogP contribution is -2.45. The van der Waals surface area contributed by atoms with Crippen LogP contribution in [0.3, 0.4) is 0 Å². The summed E-state index contributed by atoms with van der Waals surface area (Å²) in [6.07, 6.45) is 4.33. The average Bonchev–Trinajstić information content (AvgIpc) is 2.97. The number of carbonyl (C=O) groups is 1. The summed E-state index contributed by atoms with van der Waals surface area (Å²) in [5.41, 5.74) is 1.07. The quantitative estimate of drug-likeness (QED) is 0.843. The van der Waals surface area contributed by atoms with E-state index in [-0.39, 0.29) is 18.6 Å². The van der Waals surface area contributed by atoms with Crippen LogP contribution in [0.15, 0.2) is 30.3 Å². The van der Waals surface area contributed by atoms with Gasteiger partial charge >= 0.3 is 6.03 Å². The Balaban J connectivity index is 1.90. The maximum absolute atomic E-state index is 12.2. The molecule has 0 saturated heterocycles. The number of benzene rings is 1. The van der Waals surface area contributed by atoms with Gasteiger partial charge in [-0.1, -0.05) is 43.2 Å². The second-order valence-corrected chi connectivity index (χ2v) is 4.87. The third-order valence-corrected chi connectivity index (χ3v) is 3.55. The molecule has 2 amide bonds. The molecule has 0 radical (unpaired) electrons. The van der Waals surface area contributed by atoms with Crippen LogP contribution in [0.1, 0.15) is 31.2 Å². The Morgan fingerprint density at radius 2 is 2.00 bits per heavy atom. The van der Waals surface area contributed by atoms with Gasteiger partial charge in [-0.2, -0.15) is 5.26 Å². The van der Waals surface area contributed by atoms with Gasteiger partial charge in [0, 0.05) is 12.6 Å². The standard InChI is InChI=1S/C15H19N3O/c16-10-11-18(14-8-4-5-9-14)15(19)17-12-13-6-2-1-3-7-13/h1-3,6-7,14H,4-5,8-9,11-12H2,(H,17,19). The van der Waals surface area contributed by atoms with Crippen molar-refractivity contribution in [3.63, 3.8) is 0 Å². The van der Waals surface area contributed by atoms with Crippen molar-refractivity contribution in [1.29, 1.82) is 5.26 Å². The van der Waals surface area contributed by atoms with Gasteiger partial charge in [0.2, 0.25) is 0 Å². The molecule has 4 nitrogen and oxygen atoms in total. The zero-order valence-corrected chi connectivity index (χ0v) is 11.0. The Labute approximate surface area is 114 Å². The molecular formula is C15H19N3O. The van der Waals surface area contributed by atoms with Crippen LogP contribution in [-0.4, -0.2) is 23.5 Å². The molecule has 0 aromatic heterocycles. The summed E-state index contributed by atoms with van der Waals surface area (Å²) in [6.45, 7) is 0.680. The Bertz CT molecular complexity index is 446. The molecule has 0 bridgehead atoms. The lowest BCUT2D eigenvalue weighted by Gasteiger charge is -2.26. The fourth-order valence-corrected chi connectivity index (χ4v) is 2.53. The highest BCUT2D eigenvalue weighted by molar-refractivity contribution is 5.74. The van der Waals surface area contributed by atoms with Gasteiger partial charge < -0.3 is 10.2 Å². The van der Waals surface area contributed by atoms with E-state index in [2.05, 4.69) is 11.4 Å². The second kappa shape index (κ2) is 6.79. The molecule has 1 fully saturated rings. The lowest BCUT2D eigenvalue weighted by molar-refractivity contribution is 0.183. The summed E-state index contributed by atoms with van der Waals surface area (Å²) in [5.74, 6) is 0. The molecule has 1 aliphatic rings. The second-order valence-electron chi connectivity index (χ2n) is 4.87. The van der Waals surface area contributed by atoms with E-state index >= 15 is 0 Å². The normalized spacial score (nSPS) is 14.9. The van der Waals surface area contributed by atoms with Crippen molar-refractivity contribution in [2.24, 2.45) is 0 Å². The molecule has 1 aromatic carbocycles. The molecule has 0 aliphatic heterocycles. The minimum Gasteiger partial charge on any atom is -0.334 e. The molecule has 100 valence electrons. The zero-order chi connectivity index (χ0) is 13.5. The fourth-order valence-electron chi connectivity index (χ4n) is 2.53. The van der Waals surface area contributed by atoms with Gasteiger partial charge in [-0.25, -0.2) is 4.79 Å². The van der Waals surface area contributed by atoms with Crippen molar-refractivity contribution in [1.82, 2.24) is 10.2 Å². The predicted molar refractivity (Wildman–Crippen MR) is 73.3 cm³/mol. The smallest absolute Gasteiger partial charge is 0.318 e. The van der Waals surface area contributed by atoms with Crippen LogP contribution < -0.4 is 5.32 Å². The lowest BCUT2D eigenvalue weighted by atomic mass is 10.2. The summed E-state index contributed by atoms with van der Waals surface area (Å²) >= 11 is 0. The summed E-state index contributed by atoms with van der Waals surface area (Å²) in [5, 5.41) is 11.8. The molecule has 19 heavy (non-hydrogen) atoms. The number of amides is 2. The minimum absolute atomic E-state index is 0.127. The molecular weight excluding hydrogens is 238 g/mol. The zero-order valence-electron chi connectivity index (χ0n) is 11.0. The average molecular weight is 257 g/mol. The number of hydrogen-bond donors (Lipinski definition) is 1. The molecule has 0 spiro atoms. The highest BCUT2D eigenvalue weighted by Crippen LogP contribution is 2.23. The first-order valence-corrected chi connectivity index (χ1v) is 6.76.